The summed E-state index contributed by atoms with van der Waals surface area (Å²) in [7, 11) is 0. The number of alkyl halides is 2. The molecule has 7 nitrogen and oxygen atoms in total. The number of ether oxygens (including phenoxy) is 1. The maximum absolute atomic E-state index is 14.5. The van der Waals surface area contributed by atoms with Crippen molar-refractivity contribution in [2.24, 2.45) is 0 Å². The third kappa shape index (κ3) is 3.31. The van der Waals surface area contributed by atoms with Gasteiger partial charge >= 0.3 is 6.61 Å². The normalized spacial score (nSPS) is 21.7. The summed E-state index contributed by atoms with van der Waals surface area (Å²) in [5, 5.41) is 31.3. The van der Waals surface area contributed by atoms with Gasteiger partial charge in [0.1, 0.15) is 23.0 Å². The smallest absolute Gasteiger partial charge is 0.387 e. The van der Waals surface area contributed by atoms with Crippen LogP contribution >= 0.6 is 0 Å². The molecule has 3 N–H and O–H groups in total. The summed E-state index contributed by atoms with van der Waals surface area (Å²) >= 11 is 0. The Morgan fingerprint density at radius 3 is 2.71 bits per heavy atom. The highest BCUT2D eigenvalue weighted by molar-refractivity contribution is 5.82. The number of phenols is 1. The van der Waals surface area contributed by atoms with Crippen LogP contribution in [0.2, 0.25) is 0 Å². The molecule has 2 heterocycles. The standard InChI is InChI=1S/C18H17F3N4O3/c1-18(27)7-9(8-18)22-17-24-23-15(12-3-2-4-25(12)17)14-11(19)5-10(6-13(14)26)28-16(20)21/h2-6,9,16,26-27H,7-8H2,1H3,(H,22,24). The number of nitrogens with zero attached hydrogens (tertiary/aromatic N) is 3. The number of aromatic hydroxyl groups is 1. The van der Waals surface area contributed by atoms with Crippen molar-refractivity contribution in [2.45, 2.75) is 38.0 Å². The van der Waals surface area contributed by atoms with E-state index in [2.05, 4.69) is 20.3 Å². The third-order valence-corrected chi connectivity index (χ3v) is 4.67. The number of halogens is 3. The molecule has 1 fully saturated rings. The predicted octanol–water partition coefficient (Wildman–Crippen LogP) is 3.17. The van der Waals surface area contributed by atoms with Gasteiger partial charge in [-0.1, -0.05) is 0 Å². The fraction of sp³-hybridized carbons (Fsp3) is 0.333. The van der Waals surface area contributed by atoms with Crippen LogP contribution in [0.1, 0.15) is 19.8 Å². The summed E-state index contributed by atoms with van der Waals surface area (Å²) in [6, 6.07) is 5.04. The molecular formula is C18H17F3N4O3. The number of anilines is 1. The Hall–Kier alpha value is -3.01. The molecule has 4 rings (SSSR count). The van der Waals surface area contributed by atoms with Crippen molar-refractivity contribution in [3.8, 4) is 22.8 Å². The first kappa shape index (κ1) is 18.4. The molecule has 1 saturated carbocycles. The Bertz CT molecular complexity index is 1010. The van der Waals surface area contributed by atoms with Crippen LogP contribution in [-0.4, -0.2) is 43.1 Å². The van der Waals surface area contributed by atoms with Crippen LogP contribution < -0.4 is 10.1 Å². The first-order chi connectivity index (χ1) is 13.2. The van der Waals surface area contributed by atoms with Gasteiger partial charge in [-0.15, -0.1) is 10.2 Å². The zero-order chi connectivity index (χ0) is 20.1. The molecule has 0 amide bonds. The van der Waals surface area contributed by atoms with Crippen LogP contribution in [0.15, 0.2) is 30.5 Å². The molecule has 1 aromatic carbocycles. The zero-order valence-corrected chi connectivity index (χ0v) is 14.7. The maximum atomic E-state index is 14.5. The molecule has 2 aromatic heterocycles. The maximum Gasteiger partial charge on any atom is 0.387 e. The van der Waals surface area contributed by atoms with E-state index >= 15 is 0 Å². The van der Waals surface area contributed by atoms with Crippen LogP contribution in [-0.2, 0) is 0 Å². The van der Waals surface area contributed by atoms with Crippen molar-refractivity contribution in [1.29, 1.82) is 0 Å². The second-order valence-electron chi connectivity index (χ2n) is 7.06. The first-order valence-corrected chi connectivity index (χ1v) is 8.54. The number of hydrogen-bond acceptors (Lipinski definition) is 6. The minimum Gasteiger partial charge on any atom is -0.507 e. The Morgan fingerprint density at radius 1 is 1.32 bits per heavy atom. The van der Waals surface area contributed by atoms with Gasteiger partial charge in [0.15, 0.2) is 0 Å². The lowest BCUT2D eigenvalue weighted by Gasteiger charge is -2.41. The molecule has 148 valence electrons. The minimum absolute atomic E-state index is 0.0247. The highest BCUT2D eigenvalue weighted by Gasteiger charge is 2.38. The minimum atomic E-state index is -3.14. The van der Waals surface area contributed by atoms with Gasteiger partial charge in [0, 0.05) is 24.4 Å². The van der Waals surface area contributed by atoms with Gasteiger partial charge in [-0.05, 0) is 31.9 Å². The van der Waals surface area contributed by atoms with Gasteiger partial charge in [-0.2, -0.15) is 8.78 Å². The quantitative estimate of drug-likeness (QED) is 0.616. The van der Waals surface area contributed by atoms with Crippen molar-refractivity contribution in [3.63, 3.8) is 0 Å². The number of nitrogens with one attached hydrogen (secondary N) is 1. The van der Waals surface area contributed by atoms with Gasteiger partial charge in [0.25, 0.3) is 0 Å². The third-order valence-electron chi connectivity index (χ3n) is 4.67. The fourth-order valence-corrected chi connectivity index (χ4v) is 3.49. The van der Waals surface area contributed by atoms with Gasteiger partial charge in [-0.3, -0.25) is 4.40 Å². The molecule has 0 radical (unpaired) electrons. The van der Waals surface area contributed by atoms with Crippen molar-refractivity contribution < 1.29 is 28.1 Å². The van der Waals surface area contributed by atoms with Crippen LogP contribution in [0.5, 0.6) is 11.5 Å². The van der Waals surface area contributed by atoms with E-state index in [9.17, 15) is 23.4 Å². The molecule has 0 aliphatic heterocycles. The fourth-order valence-electron chi connectivity index (χ4n) is 3.49. The van der Waals surface area contributed by atoms with E-state index in [1.165, 1.54) is 0 Å². The van der Waals surface area contributed by atoms with Crippen LogP contribution in [0.25, 0.3) is 16.8 Å². The highest BCUT2D eigenvalue weighted by atomic mass is 19.3. The molecule has 0 atom stereocenters. The van der Waals surface area contributed by atoms with Crippen molar-refractivity contribution >= 4 is 11.5 Å². The van der Waals surface area contributed by atoms with Crippen LogP contribution in [0, 0.1) is 5.82 Å². The number of fused-ring (bicyclic) bond motifs is 1. The molecule has 28 heavy (non-hydrogen) atoms. The molecule has 0 unspecified atom stereocenters. The molecule has 1 aliphatic carbocycles. The zero-order valence-electron chi connectivity index (χ0n) is 14.7. The Morgan fingerprint density at radius 2 is 2.07 bits per heavy atom. The Labute approximate surface area is 157 Å². The molecule has 0 saturated heterocycles. The summed E-state index contributed by atoms with van der Waals surface area (Å²) in [6.07, 6.45) is 2.80. The second-order valence-corrected chi connectivity index (χ2v) is 7.06. The topological polar surface area (TPSA) is 91.9 Å². The number of hydrogen-bond donors (Lipinski definition) is 3. The summed E-state index contributed by atoms with van der Waals surface area (Å²) in [6.45, 7) is -1.39. The number of aliphatic hydroxyl groups is 1. The van der Waals surface area contributed by atoms with E-state index in [-0.39, 0.29) is 17.3 Å². The summed E-state index contributed by atoms with van der Waals surface area (Å²) in [5.41, 5.74) is -0.469. The van der Waals surface area contributed by atoms with Crippen molar-refractivity contribution in [3.05, 3.63) is 36.3 Å². The molecule has 3 aromatic rings. The van der Waals surface area contributed by atoms with Gasteiger partial charge < -0.3 is 20.3 Å². The number of benzene rings is 1. The molecule has 1 aliphatic rings. The number of rotatable bonds is 5. The Kier molecular flexibility index (Phi) is 4.30. The lowest BCUT2D eigenvalue weighted by Crippen LogP contribution is -2.48. The van der Waals surface area contributed by atoms with Crippen LogP contribution in [0.3, 0.4) is 0 Å². The summed E-state index contributed by atoms with van der Waals surface area (Å²) in [5.74, 6) is -1.65. The lowest BCUT2D eigenvalue weighted by atomic mass is 9.77. The van der Waals surface area contributed by atoms with E-state index in [4.69, 9.17) is 0 Å². The summed E-state index contributed by atoms with van der Waals surface area (Å²) < 4.78 is 45.0. The van der Waals surface area contributed by atoms with E-state index in [0.717, 1.165) is 12.1 Å². The number of aromatic nitrogens is 3. The molecule has 10 heteroatoms. The second kappa shape index (κ2) is 6.55. The average Bonchev–Trinajstić information content (AvgIpc) is 3.03. The molecule has 0 spiro atoms. The van der Waals surface area contributed by atoms with Gasteiger partial charge in [0.05, 0.1) is 16.7 Å². The number of phenolic OH excluding ortho intramolecular Hbond substituents is 1. The van der Waals surface area contributed by atoms with Crippen molar-refractivity contribution in [1.82, 2.24) is 14.6 Å². The van der Waals surface area contributed by atoms with Gasteiger partial charge in [-0.25, -0.2) is 4.39 Å². The largest absolute Gasteiger partial charge is 0.507 e. The summed E-state index contributed by atoms with van der Waals surface area (Å²) in [4.78, 5) is 0. The molecule has 0 bridgehead atoms. The van der Waals surface area contributed by atoms with Crippen LogP contribution in [0.4, 0.5) is 19.1 Å². The SMILES string of the molecule is CC1(O)CC(Nc2nnc(-c3c(O)cc(OC(F)F)cc3F)c3cccn23)C1. The predicted molar refractivity (Wildman–Crippen MR) is 93.9 cm³/mol. The monoisotopic (exact) mass is 394 g/mol. The average molecular weight is 394 g/mol. The molecular weight excluding hydrogens is 377 g/mol. The van der Waals surface area contributed by atoms with E-state index in [1.807, 2.05) is 0 Å². The first-order valence-electron chi connectivity index (χ1n) is 8.54. The highest BCUT2D eigenvalue weighted by Crippen LogP contribution is 2.38. The van der Waals surface area contributed by atoms with E-state index < -0.39 is 29.5 Å². The van der Waals surface area contributed by atoms with Crippen molar-refractivity contribution in [2.75, 3.05) is 5.32 Å². The Balaban J connectivity index is 1.71. The lowest BCUT2D eigenvalue weighted by molar-refractivity contribution is -0.0500. The van der Waals surface area contributed by atoms with E-state index in [1.54, 1.807) is 29.7 Å². The van der Waals surface area contributed by atoms with E-state index in [0.29, 0.717) is 24.3 Å². The van der Waals surface area contributed by atoms with Gasteiger partial charge in [0.2, 0.25) is 5.95 Å².